The van der Waals surface area contributed by atoms with Gasteiger partial charge in [0.1, 0.15) is 5.69 Å². The number of nitrogens with zero attached hydrogens (tertiary/aromatic N) is 1. The van der Waals surface area contributed by atoms with Gasteiger partial charge in [0.05, 0.1) is 11.9 Å². The Kier molecular flexibility index (Phi) is 5.62. The van der Waals surface area contributed by atoms with E-state index in [1.54, 1.807) is 0 Å². The highest BCUT2D eigenvalue weighted by molar-refractivity contribution is 8.00. The Morgan fingerprint density at radius 3 is 2.55 bits per heavy atom. The zero-order valence-electron chi connectivity index (χ0n) is 9.90. The van der Waals surface area contributed by atoms with E-state index in [0.29, 0.717) is 0 Å². The maximum absolute atomic E-state index is 11.8. The highest BCUT2D eigenvalue weighted by Gasteiger charge is 2.27. The number of anilines is 1. The predicted molar refractivity (Wildman–Crippen MR) is 66.7 cm³/mol. The zero-order valence-corrected chi connectivity index (χ0v) is 10.7. The molecule has 0 unspecified atom stereocenters. The Balaban J connectivity index is 2.33. The molecule has 2 amide bonds. The average molecular weight is 309 g/mol. The molecule has 0 atom stereocenters. The number of urea groups is 1. The molecule has 1 heterocycles. The molecule has 0 saturated carbocycles. The van der Waals surface area contributed by atoms with Crippen LogP contribution >= 0.6 is 11.8 Å². The molecule has 110 valence electrons. The quantitative estimate of drug-likeness (QED) is 0.725. The number of hydrogen-bond donors (Lipinski definition) is 3. The largest absolute Gasteiger partial charge is 0.477 e. The standard InChI is InChI=1S/C10H10F3N3O3S/c11-10(12,13)20-4-3-14-9(19)16-6-1-2-7(8(17)18)15-5-6/h1-2,5H,3-4H2,(H,17,18)(H2,14,16,19). The summed E-state index contributed by atoms with van der Waals surface area (Å²) in [6, 6.07) is 1.82. The van der Waals surface area contributed by atoms with Gasteiger partial charge in [0.15, 0.2) is 0 Å². The minimum atomic E-state index is -4.32. The number of carboxylic acid groups (broad SMARTS) is 1. The van der Waals surface area contributed by atoms with Crippen LogP contribution in [-0.4, -0.2) is 39.9 Å². The lowest BCUT2D eigenvalue weighted by molar-refractivity contribution is -0.0327. The third kappa shape index (κ3) is 6.27. The van der Waals surface area contributed by atoms with Crippen LogP contribution in [0.25, 0.3) is 0 Å². The molecule has 1 aromatic rings. The number of alkyl halides is 3. The predicted octanol–water partition coefficient (Wildman–Crippen LogP) is 2.15. The zero-order chi connectivity index (χ0) is 15.2. The number of thioether (sulfide) groups is 1. The second kappa shape index (κ2) is 6.98. The first-order valence-corrected chi connectivity index (χ1v) is 6.21. The summed E-state index contributed by atoms with van der Waals surface area (Å²) in [5, 5.41) is 13.1. The molecular formula is C10H10F3N3O3S. The molecule has 10 heteroatoms. The normalized spacial score (nSPS) is 10.9. The van der Waals surface area contributed by atoms with Crippen LogP contribution in [0.2, 0.25) is 0 Å². The Bertz CT molecular complexity index is 479. The summed E-state index contributed by atoms with van der Waals surface area (Å²) >= 11 is -0.233. The van der Waals surface area contributed by atoms with Gasteiger partial charge in [-0.05, 0) is 23.9 Å². The van der Waals surface area contributed by atoms with Crippen LogP contribution in [0.3, 0.4) is 0 Å². The summed E-state index contributed by atoms with van der Waals surface area (Å²) in [7, 11) is 0. The molecule has 0 aliphatic rings. The number of pyridine rings is 1. The topological polar surface area (TPSA) is 91.3 Å². The van der Waals surface area contributed by atoms with Crippen molar-refractivity contribution in [2.24, 2.45) is 0 Å². The van der Waals surface area contributed by atoms with Gasteiger partial charge in [0.25, 0.3) is 0 Å². The smallest absolute Gasteiger partial charge is 0.441 e. The van der Waals surface area contributed by atoms with Gasteiger partial charge in [-0.25, -0.2) is 14.6 Å². The minimum absolute atomic E-state index is 0.156. The van der Waals surface area contributed by atoms with Gasteiger partial charge in [-0.2, -0.15) is 13.2 Å². The third-order valence-electron chi connectivity index (χ3n) is 1.89. The number of rotatable bonds is 5. The van der Waals surface area contributed by atoms with Gasteiger partial charge in [-0.3, -0.25) is 0 Å². The fourth-order valence-corrected chi connectivity index (χ4v) is 1.54. The monoisotopic (exact) mass is 309 g/mol. The van der Waals surface area contributed by atoms with Crippen LogP contribution in [0, 0.1) is 0 Å². The highest BCUT2D eigenvalue weighted by Crippen LogP contribution is 2.29. The lowest BCUT2D eigenvalue weighted by atomic mass is 10.3. The number of carbonyl (C=O) groups excluding carboxylic acids is 1. The third-order valence-corrected chi connectivity index (χ3v) is 2.63. The van der Waals surface area contributed by atoms with E-state index in [9.17, 15) is 22.8 Å². The maximum Gasteiger partial charge on any atom is 0.441 e. The molecule has 20 heavy (non-hydrogen) atoms. The number of nitrogens with one attached hydrogen (secondary N) is 2. The van der Waals surface area contributed by atoms with Gasteiger partial charge in [0, 0.05) is 12.3 Å². The highest BCUT2D eigenvalue weighted by atomic mass is 32.2. The lowest BCUT2D eigenvalue weighted by Gasteiger charge is -2.08. The Morgan fingerprint density at radius 2 is 2.05 bits per heavy atom. The summed E-state index contributed by atoms with van der Waals surface area (Å²) < 4.78 is 35.4. The van der Waals surface area contributed by atoms with Crippen molar-refractivity contribution in [2.45, 2.75) is 5.51 Å². The van der Waals surface area contributed by atoms with Gasteiger partial charge in [-0.15, -0.1) is 0 Å². The molecule has 0 aliphatic heterocycles. The van der Waals surface area contributed by atoms with Crippen LogP contribution in [0.5, 0.6) is 0 Å². The van der Waals surface area contributed by atoms with Crippen molar-refractivity contribution in [3.63, 3.8) is 0 Å². The molecular weight excluding hydrogens is 299 g/mol. The van der Waals surface area contributed by atoms with E-state index >= 15 is 0 Å². The first-order chi connectivity index (χ1) is 9.28. The van der Waals surface area contributed by atoms with Crippen LogP contribution in [-0.2, 0) is 0 Å². The van der Waals surface area contributed by atoms with Crippen molar-refractivity contribution < 1.29 is 27.9 Å². The van der Waals surface area contributed by atoms with Crippen molar-refractivity contribution in [3.05, 3.63) is 24.0 Å². The van der Waals surface area contributed by atoms with E-state index < -0.39 is 17.5 Å². The van der Waals surface area contributed by atoms with E-state index in [1.807, 2.05) is 0 Å². The molecule has 0 spiro atoms. The average Bonchev–Trinajstić information content (AvgIpc) is 2.34. The van der Waals surface area contributed by atoms with Gasteiger partial charge in [-0.1, -0.05) is 0 Å². The first kappa shape index (κ1) is 16.1. The number of hydrogen-bond acceptors (Lipinski definition) is 4. The van der Waals surface area contributed by atoms with Crippen LogP contribution in [0.1, 0.15) is 10.5 Å². The Labute approximate surface area is 115 Å². The number of halogens is 3. The molecule has 0 fully saturated rings. The minimum Gasteiger partial charge on any atom is -0.477 e. The molecule has 3 N–H and O–H groups in total. The summed E-state index contributed by atoms with van der Waals surface area (Å²) in [6.45, 7) is -0.156. The van der Waals surface area contributed by atoms with E-state index in [-0.39, 0.29) is 35.4 Å². The number of aromatic carboxylic acids is 1. The number of aromatic nitrogens is 1. The van der Waals surface area contributed by atoms with Crippen molar-refractivity contribution in [1.82, 2.24) is 10.3 Å². The number of carbonyl (C=O) groups is 2. The fourth-order valence-electron chi connectivity index (χ4n) is 1.10. The molecule has 0 radical (unpaired) electrons. The van der Waals surface area contributed by atoms with Crippen LogP contribution < -0.4 is 10.6 Å². The summed E-state index contributed by atoms with van der Waals surface area (Å²) in [5.74, 6) is -1.50. The SMILES string of the molecule is O=C(NCCSC(F)(F)F)Nc1ccc(C(=O)O)nc1. The fraction of sp³-hybridized carbons (Fsp3) is 0.300. The van der Waals surface area contributed by atoms with Crippen LogP contribution in [0.4, 0.5) is 23.7 Å². The Hall–Kier alpha value is -1.97. The van der Waals surface area contributed by atoms with Crippen molar-refractivity contribution >= 4 is 29.4 Å². The summed E-state index contributed by atoms with van der Waals surface area (Å²) in [5.41, 5.74) is -4.28. The number of amides is 2. The van der Waals surface area contributed by atoms with E-state index in [0.717, 1.165) is 6.20 Å². The number of carboxylic acids is 1. The maximum atomic E-state index is 11.8. The van der Waals surface area contributed by atoms with Crippen molar-refractivity contribution in [2.75, 3.05) is 17.6 Å². The van der Waals surface area contributed by atoms with Crippen LogP contribution in [0.15, 0.2) is 18.3 Å². The van der Waals surface area contributed by atoms with Crippen molar-refractivity contribution in [3.8, 4) is 0 Å². The molecule has 0 aromatic carbocycles. The van der Waals surface area contributed by atoms with E-state index in [1.165, 1.54) is 12.1 Å². The van der Waals surface area contributed by atoms with Gasteiger partial charge >= 0.3 is 17.5 Å². The Morgan fingerprint density at radius 1 is 1.35 bits per heavy atom. The second-order valence-electron chi connectivity index (χ2n) is 3.41. The van der Waals surface area contributed by atoms with E-state index in [4.69, 9.17) is 5.11 Å². The second-order valence-corrected chi connectivity index (χ2v) is 4.57. The van der Waals surface area contributed by atoms with Gasteiger partial charge < -0.3 is 15.7 Å². The summed E-state index contributed by atoms with van der Waals surface area (Å²) in [6.07, 6.45) is 1.13. The first-order valence-electron chi connectivity index (χ1n) is 5.23. The van der Waals surface area contributed by atoms with Gasteiger partial charge in [0.2, 0.25) is 0 Å². The molecule has 0 saturated heterocycles. The molecule has 1 aromatic heterocycles. The molecule has 6 nitrogen and oxygen atoms in total. The lowest BCUT2D eigenvalue weighted by Crippen LogP contribution is -2.31. The van der Waals surface area contributed by atoms with Crippen molar-refractivity contribution in [1.29, 1.82) is 0 Å². The molecule has 1 rings (SSSR count). The van der Waals surface area contributed by atoms with E-state index in [2.05, 4.69) is 15.6 Å². The molecule has 0 bridgehead atoms. The molecule has 0 aliphatic carbocycles. The summed E-state index contributed by atoms with van der Waals surface area (Å²) in [4.78, 5) is 25.4.